The van der Waals surface area contributed by atoms with Crippen LogP contribution in [-0.2, 0) is 0 Å². The largest absolute Gasteiger partial charge is 0.497 e. The topological polar surface area (TPSA) is 44.1 Å². The Balaban J connectivity index is 2.59. The number of hydrogen-bond acceptors (Lipinski definition) is 4. The molecule has 6 heteroatoms. The lowest BCUT2D eigenvalue weighted by Crippen LogP contribution is -2.02. The fourth-order valence-electron chi connectivity index (χ4n) is 1.82. The minimum atomic E-state index is -0.216. The molecule has 0 aliphatic heterocycles. The number of imidazole rings is 1. The van der Waals surface area contributed by atoms with Crippen molar-refractivity contribution in [1.29, 1.82) is 0 Å². The van der Waals surface area contributed by atoms with Crippen LogP contribution in [0.2, 0.25) is 0 Å². The molecule has 108 valence electrons. The van der Waals surface area contributed by atoms with Gasteiger partial charge in [0, 0.05) is 11.1 Å². The second-order valence-electron chi connectivity index (χ2n) is 4.37. The summed E-state index contributed by atoms with van der Waals surface area (Å²) < 4.78 is 7.46. The van der Waals surface area contributed by atoms with E-state index in [-0.39, 0.29) is 5.78 Å². The van der Waals surface area contributed by atoms with Crippen molar-refractivity contribution in [2.75, 3.05) is 7.11 Å². The molecule has 0 saturated heterocycles. The number of allylic oxidation sites excluding steroid dienone is 1. The van der Waals surface area contributed by atoms with Gasteiger partial charge in [0.05, 0.1) is 7.11 Å². The SMILES string of the molecule is C=C(C)C(=O)c1nc(C=S)n(-c2ccc(OC)cc2)c1Br. The second kappa shape index (κ2) is 6.32. The molecule has 1 aromatic carbocycles. The number of nitrogens with zero attached hydrogens (tertiary/aromatic N) is 2. The lowest BCUT2D eigenvalue weighted by molar-refractivity contribution is 0.103. The molecule has 0 aliphatic carbocycles. The Morgan fingerprint density at radius 2 is 2.05 bits per heavy atom. The van der Waals surface area contributed by atoms with Crippen molar-refractivity contribution in [2.45, 2.75) is 6.92 Å². The third kappa shape index (κ3) is 2.96. The summed E-state index contributed by atoms with van der Waals surface area (Å²) in [6.07, 6.45) is 0. The molecule has 2 rings (SSSR count). The molecule has 0 spiro atoms. The van der Waals surface area contributed by atoms with Crippen LogP contribution < -0.4 is 4.74 Å². The number of Topliss-reactive ketones (excluding diaryl/α,β-unsaturated/α-hetero) is 1. The van der Waals surface area contributed by atoms with Gasteiger partial charge in [0.2, 0.25) is 5.78 Å². The van der Waals surface area contributed by atoms with E-state index in [1.165, 1.54) is 5.37 Å². The van der Waals surface area contributed by atoms with Gasteiger partial charge in [-0.25, -0.2) is 4.98 Å². The molecular formula is C15H13BrN2O2S. The van der Waals surface area contributed by atoms with E-state index in [0.29, 0.717) is 21.7 Å². The number of thiocarbonyl (C=S) groups is 1. The Hall–Kier alpha value is -1.79. The molecule has 0 bridgehead atoms. The molecule has 1 heterocycles. The summed E-state index contributed by atoms with van der Waals surface area (Å²) >= 11 is 8.42. The summed E-state index contributed by atoms with van der Waals surface area (Å²) in [5.74, 6) is 1.04. The highest BCUT2D eigenvalue weighted by molar-refractivity contribution is 9.10. The van der Waals surface area contributed by atoms with Gasteiger partial charge in [-0.2, -0.15) is 0 Å². The van der Waals surface area contributed by atoms with Gasteiger partial charge >= 0.3 is 0 Å². The number of carbonyl (C=O) groups is 1. The molecule has 0 atom stereocenters. The number of aromatic nitrogens is 2. The highest BCUT2D eigenvalue weighted by Gasteiger charge is 2.21. The van der Waals surface area contributed by atoms with Gasteiger partial charge in [0.1, 0.15) is 21.9 Å². The first-order valence-electron chi connectivity index (χ1n) is 6.07. The summed E-state index contributed by atoms with van der Waals surface area (Å²) in [6.45, 7) is 5.31. The number of hydrogen-bond donors (Lipinski definition) is 0. The van der Waals surface area contributed by atoms with Crippen LogP contribution in [0, 0.1) is 0 Å². The summed E-state index contributed by atoms with van der Waals surface area (Å²) in [6, 6.07) is 7.38. The van der Waals surface area contributed by atoms with Crippen LogP contribution in [0.4, 0.5) is 0 Å². The van der Waals surface area contributed by atoms with Crippen molar-refractivity contribution in [1.82, 2.24) is 9.55 Å². The number of ether oxygens (including phenoxy) is 1. The van der Waals surface area contributed by atoms with Crippen molar-refractivity contribution < 1.29 is 9.53 Å². The van der Waals surface area contributed by atoms with E-state index >= 15 is 0 Å². The smallest absolute Gasteiger partial charge is 0.209 e. The van der Waals surface area contributed by atoms with Gasteiger partial charge in [-0.05, 0) is 52.7 Å². The summed E-state index contributed by atoms with van der Waals surface area (Å²) in [4.78, 5) is 16.4. The third-order valence-corrected chi connectivity index (χ3v) is 3.83. The number of carbonyl (C=O) groups excluding carboxylic acids is 1. The van der Waals surface area contributed by atoms with Crippen molar-refractivity contribution in [3.63, 3.8) is 0 Å². The zero-order valence-corrected chi connectivity index (χ0v) is 14.0. The van der Waals surface area contributed by atoms with Crippen LogP contribution in [0.15, 0.2) is 41.0 Å². The number of ketones is 1. The van der Waals surface area contributed by atoms with Gasteiger partial charge in [0.15, 0.2) is 0 Å². The molecule has 0 fully saturated rings. The Kier molecular flexibility index (Phi) is 4.69. The van der Waals surface area contributed by atoms with Crippen molar-refractivity contribution in [2.24, 2.45) is 0 Å². The Morgan fingerprint density at radius 3 is 2.52 bits per heavy atom. The normalized spacial score (nSPS) is 10.2. The average Bonchev–Trinajstić information content (AvgIpc) is 2.83. The Morgan fingerprint density at radius 1 is 1.43 bits per heavy atom. The quantitative estimate of drug-likeness (QED) is 0.460. The van der Waals surface area contributed by atoms with Gasteiger partial charge in [-0.15, -0.1) is 0 Å². The Labute approximate surface area is 136 Å². The van der Waals surface area contributed by atoms with Crippen LogP contribution in [0.3, 0.4) is 0 Å². The van der Waals surface area contributed by atoms with Gasteiger partial charge in [-0.3, -0.25) is 9.36 Å². The summed E-state index contributed by atoms with van der Waals surface area (Å²) in [7, 11) is 1.61. The number of benzene rings is 1. The molecule has 21 heavy (non-hydrogen) atoms. The first-order chi connectivity index (χ1) is 9.99. The van der Waals surface area contributed by atoms with Gasteiger partial charge < -0.3 is 4.74 Å². The lowest BCUT2D eigenvalue weighted by Gasteiger charge is -2.08. The maximum atomic E-state index is 12.1. The van der Waals surface area contributed by atoms with E-state index in [1.807, 2.05) is 24.3 Å². The molecular weight excluding hydrogens is 352 g/mol. The van der Waals surface area contributed by atoms with E-state index in [0.717, 1.165) is 11.4 Å². The predicted molar refractivity (Wildman–Crippen MR) is 89.7 cm³/mol. The minimum Gasteiger partial charge on any atom is -0.497 e. The van der Waals surface area contributed by atoms with Crippen LogP contribution >= 0.6 is 28.1 Å². The minimum absolute atomic E-state index is 0.216. The molecule has 2 aromatic rings. The molecule has 4 nitrogen and oxygen atoms in total. The molecule has 0 saturated carbocycles. The van der Waals surface area contributed by atoms with Crippen molar-refractivity contribution >= 4 is 39.3 Å². The highest BCUT2D eigenvalue weighted by atomic mass is 79.9. The van der Waals surface area contributed by atoms with E-state index in [4.69, 9.17) is 17.0 Å². The molecule has 0 aliphatic rings. The van der Waals surface area contributed by atoms with Crippen LogP contribution in [0.25, 0.3) is 5.69 Å². The van der Waals surface area contributed by atoms with E-state index < -0.39 is 0 Å². The van der Waals surface area contributed by atoms with Crippen LogP contribution in [-0.4, -0.2) is 27.8 Å². The summed E-state index contributed by atoms with van der Waals surface area (Å²) in [5.41, 5.74) is 1.55. The highest BCUT2D eigenvalue weighted by Crippen LogP contribution is 2.26. The van der Waals surface area contributed by atoms with Crippen LogP contribution in [0.5, 0.6) is 5.75 Å². The van der Waals surface area contributed by atoms with E-state index in [2.05, 4.69) is 27.5 Å². The maximum Gasteiger partial charge on any atom is 0.209 e. The van der Waals surface area contributed by atoms with Crippen LogP contribution in [0.1, 0.15) is 23.2 Å². The lowest BCUT2D eigenvalue weighted by atomic mass is 10.2. The summed E-state index contributed by atoms with van der Waals surface area (Å²) in [5, 5.41) is 1.43. The van der Waals surface area contributed by atoms with E-state index in [9.17, 15) is 4.79 Å². The first kappa shape index (κ1) is 15.6. The number of rotatable bonds is 5. The first-order valence-corrected chi connectivity index (χ1v) is 7.34. The second-order valence-corrected chi connectivity index (χ2v) is 5.36. The fourth-order valence-corrected chi connectivity index (χ4v) is 2.63. The Bertz CT molecular complexity index is 720. The number of methoxy groups -OCH3 is 1. The predicted octanol–water partition coefficient (Wildman–Crippen LogP) is 3.75. The van der Waals surface area contributed by atoms with Crippen molar-refractivity contribution in [3.05, 3.63) is 52.5 Å². The monoisotopic (exact) mass is 364 g/mol. The molecule has 0 N–H and O–H groups in total. The van der Waals surface area contributed by atoms with Crippen molar-refractivity contribution in [3.8, 4) is 11.4 Å². The fraction of sp³-hybridized carbons (Fsp3) is 0.133. The zero-order chi connectivity index (χ0) is 15.6. The molecule has 1 aromatic heterocycles. The molecule has 0 unspecified atom stereocenters. The van der Waals surface area contributed by atoms with E-state index in [1.54, 1.807) is 18.6 Å². The standard InChI is InChI=1S/C15H13BrN2O2S/c1-9(2)14(19)13-15(16)18(12(8-21)17-13)10-4-6-11(20-3)7-5-10/h4-8H,1H2,2-3H3. The molecule has 0 radical (unpaired) electrons. The van der Waals surface area contributed by atoms with Gasteiger partial charge in [0.25, 0.3) is 0 Å². The molecule has 0 amide bonds. The number of halogens is 1. The zero-order valence-electron chi connectivity index (χ0n) is 11.6. The average molecular weight is 365 g/mol. The third-order valence-electron chi connectivity index (χ3n) is 2.89. The van der Waals surface area contributed by atoms with Gasteiger partial charge in [-0.1, -0.05) is 18.8 Å². The maximum absolute atomic E-state index is 12.1.